The summed E-state index contributed by atoms with van der Waals surface area (Å²) in [5.41, 5.74) is 0.807. The van der Waals surface area contributed by atoms with Gasteiger partial charge in [-0.25, -0.2) is 0 Å². The molecule has 1 rings (SSSR count). The van der Waals surface area contributed by atoms with E-state index < -0.39 is 0 Å². The molecule has 0 radical (unpaired) electrons. The molecule has 0 amide bonds. The Labute approximate surface area is 99.6 Å². The van der Waals surface area contributed by atoms with E-state index >= 15 is 0 Å². The van der Waals surface area contributed by atoms with Gasteiger partial charge in [-0.15, -0.1) is 0 Å². The van der Waals surface area contributed by atoms with Gasteiger partial charge in [0.1, 0.15) is 0 Å². The molecule has 15 heavy (non-hydrogen) atoms. The summed E-state index contributed by atoms with van der Waals surface area (Å²) < 4.78 is 0. The van der Waals surface area contributed by atoms with Crippen molar-refractivity contribution in [1.29, 1.82) is 0 Å². The van der Waals surface area contributed by atoms with Crippen LogP contribution in [-0.4, -0.2) is 12.4 Å². The van der Waals surface area contributed by atoms with Crippen molar-refractivity contribution < 1.29 is 0 Å². The van der Waals surface area contributed by atoms with Gasteiger partial charge >= 0.3 is 0 Å². The quantitative estimate of drug-likeness (QED) is 0.565. The largest absolute Gasteiger partial charge is 0.163 e. The molecule has 0 saturated heterocycles. The van der Waals surface area contributed by atoms with Crippen LogP contribution in [0.3, 0.4) is 0 Å². The van der Waals surface area contributed by atoms with Crippen LogP contribution in [0.15, 0.2) is 28.4 Å². The molecule has 1 aromatic carbocycles. The highest BCUT2D eigenvalue weighted by Crippen LogP contribution is 2.19. The Hall–Kier alpha value is -0.860. The second kappa shape index (κ2) is 5.89. The fourth-order valence-electron chi connectivity index (χ4n) is 0.874. The summed E-state index contributed by atoms with van der Waals surface area (Å²) in [4.78, 5) is 0. The molecule has 0 saturated carbocycles. The molecule has 0 aliphatic rings. The average molecular weight is 243 g/mol. The van der Waals surface area contributed by atoms with E-state index in [4.69, 9.17) is 23.2 Å². The number of hydrogen-bond donors (Lipinski definition) is 0. The Morgan fingerprint density at radius 1 is 1.20 bits per heavy atom. The molecule has 0 bridgehead atoms. The van der Waals surface area contributed by atoms with Gasteiger partial charge in [0.25, 0.3) is 0 Å². The minimum absolute atomic E-state index is 0.392. The van der Waals surface area contributed by atoms with Crippen molar-refractivity contribution in [2.75, 3.05) is 0 Å². The molecule has 0 aromatic heterocycles. The average Bonchev–Trinajstić information content (AvgIpc) is 2.14. The van der Waals surface area contributed by atoms with Gasteiger partial charge in [0.2, 0.25) is 0 Å². The molecular weight excluding hydrogens is 231 g/mol. The topological polar surface area (TPSA) is 24.7 Å². The number of nitrogens with zero attached hydrogens (tertiary/aromatic N) is 2. The van der Waals surface area contributed by atoms with Gasteiger partial charge in [-0.05, 0) is 18.1 Å². The molecule has 0 aliphatic heterocycles. The van der Waals surface area contributed by atoms with Crippen LogP contribution in [0.1, 0.15) is 19.4 Å². The molecule has 0 unspecified atom stereocenters. The third kappa shape index (κ3) is 4.45. The lowest BCUT2D eigenvalue weighted by Crippen LogP contribution is -1.86. The lowest BCUT2D eigenvalue weighted by atomic mass is 10.2. The van der Waals surface area contributed by atoms with Gasteiger partial charge in [-0.3, -0.25) is 0 Å². The van der Waals surface area contributed by atoms with E-state index in [1.165, 1.54) is 0 Å². The maximum Gasteiger partial charge on any atom is 0.0582 e. The van der Waals surface area contributed by atoms with Gasteiger partial charge < -0.3 is 0 Å². The van der Waals surface area contributed by atoms with Gasteiger partial charge in [-0.2, -0.15) is 10.2 Å². The fourth-order valence-corrected chi connectivity index (χ4v) is 1.33. The molecule has 0 heterocycles. The normalized spacial score (nSPS) is 12.1. The van der Waals surface area contributed by atoms with Crippen LogP contribution in [0.25, 0.3) is 0 Å². The van der Waals surface area contributed by atoms with Crippen molar-refractivity contribution in [3.8, 4) is 0 Å². The zero-order valence-corrected chi connectivity index (χ0v) is 10.1. The SMILES string of the molecule is CC(C)/C=N/N=C/c1ccc(Cl)cc1Cl. The van der Waals surface area contributed by atoms with E-state index in [9.17, 15) is 0 Å². The Morgan fingerprint density at radius 3 is 2.53 bits per heavy atom. The number of hydrogen-bond acceptors (Lipinski definition) is 2. The highest BCUT2D eigenvalue weighted by Gasteiger charge is 1.97. The van der Waals surface area contributed by atoms with Crippen molar-refractivity contribution >= 4 is 35.6 Å². The molecular formula is C11H12Cl2N2. The first kappa shape index (κ1) is 12.2. The molecule has 1 aromatic rings. The van der Waals surface area contributed by atoms with E-state index in [1.54, 1.807) is 30.6 Å². The van der Waals surface area contributed by atoms with E-state index in [-0.39, 0.29) is 0 Å². The summed E-state index contributed by atoms with van der Waals surface area (Å²) in [5, 5.41) is 8.96. The van der Waals surface area contributed by atoms with Crippen LogP contribution in [0.2, 0.25) is 10.0 Å². The summed E-state index contributed by atoms with van der Waals surface area (Å²) in [6, 6.07) is 5.25. The first-order valence-corrected chi connectivity index (χ1v) is 5.37. The summed E-state index contributed by atoms with van der Waals surface area (Å²) >= 11 is 11.7. The fraction of sp³-hybridized carbons (Fsp3) is 0.273. The molecule has 0 aliphatic carbocycles. The van der Waals surface area contributed by atoms with Crippen LogP contribution in [0, 0.1) is 5.92 Å². The second-order valence-corrected chi connectivity index (χ2v) is 4.26. The smallest absolute Gasteiger partial charge is 0.0582 e. The molecule has 4 heteroatoms. The van der Waals surface area contributed by atoms with Crippen LogP contribution in [0.4, 0.5) is 0 Å². The predicted octanol–water partition coefficient (Wildman–Crippen LogP) is 4.05. The van der Waals surface area contributed by atoms with E-state index in [2.05, 4.69) is 10.2 Å². The van der Waals surface area contributed by atoms with Crippen LogP contribution < -0.4 is 0 Å². The van der Waals surface area contributed by atoms with Crippen molar-refractivity contribution in [3.05, 3.63) is 33.8 Å². The second-order valence-electron chi connectivity index (χ2n) is 3.42. The Bertz CT molecular complexity index is 384. The zero-order valence-electron chi connectivity index (χ0n) is 8.61. The summed E-state index contributed by atoms with van der Waals surface area (Å²) in [7, 11) is 0. The molecule has 0 spiro atoms. The third-order valence-corrected chi connectivity index (χ3v) is 2.15. The lowest BCUT2D eigenvalue weighted by molar-refractivity contribution is 0.900. The molecule has 0 atom stereocenters. The zero-order chi connectivity index (χ0) is 11.3. The Balaban J connectivity index is 2.72. The van der Waals surface area contributed by atoms with Crippen LogP contribution >= 0.6 is 23.2 Å². The summed E-state index contributed by atoms with van der Waals surface area (Å²) in [6.45, 7) is 4.07. The molecule has 0 fully saturated rings. The first-order chi connectivity index (χ1) is 7.09. The Kier molecular flexibility index (Phi) is 4.79. The Morgan fingerprint density at radius 2 is 1.93 bits per heavy atom. The molecule has 2 nitrogen and oxygen atoms in total. The molecule has 80 valence electrons. The summed E-state index contributed by atoms with van der Waals surface area (Å²) in [6.07, 6.45) is 3.37. The highest BCUT2D eigenvalue weighted by atomic mass is 35.5. The highest BCUT2D eigenvalue weighted by molar-refractivity contribution is 6.36. The van der Waals surface area contributed by atoms with Gasteiger partial charge in [0, 0.05) is 16.8 Å². The van der Waals surface area contributed by atoms with Crippen molar-refractivity contribution in [3.63, 3.8) is 0 Å². The van der Waals surface area contributed by atoms with E-state index in [1.807, 2.05) is 13.8 Å². The monoisotopic (exact) mass is 242 g/mol. The first-order valence-electron chi connectivity index (χ1n) is 4.61. The van der Waals surface area contributed by atoms with Crippen molar-refractivity contribution in [2.24, 2.45) is 16.1 Å². The van der Waals surface area contributed by atoms with Gasteiger partial charge in [0.05, 0.1) is 11.2 Å². The predicted molar refractivity (Wildman–Crippen MR) is 67.4 cm³/mol. The third-order valence-electron chi connectivity index (χ3n) is 1.59. The maximum absolute atomic E-state index is 5.94. The van der Waals surface area contributed by atoms with E-state index in [0.717, 1.165) is 5.56 Å². The minimum Gasteiger partial charge on any atom is -0.163 e. The number of benzene rings is 1. The molecule has 0 N–H and O–H groups in total. The summed E-state index contributed by atoms with van der Waals surface area (Å²) in [5.74, 6) is 0.392. The maximum atomic E-state index is 5.94. The van der Waals surface area contributed by atoms with Crippen molar-refractivity contribution in [1.82, 2.24) is 0 Å². The van der Waals surface area contributed by atoms with Crippen LogP contribution in [-0.2, 0) is 0 Å². The lowest BCUT2D eigenvalue weighted by Gasteiger charge is -1.96. The number of rotatable bonds is 3. The van der Waals surface area contributed by atoms with E-state index in [0.29, 0.717) is 16.0 Å². The standard InChI is InChI=1S/C11H12Cl2N2/c1-8(2)6-14-15-7-9-3-4-10(12)5-11(9)13/h3-8H,1-2H3/b14-6+,15-7+. The number of halogens is 2. The van der Waals surface area contributed by atoms with Crippen molar-refractivity contribution in [2.45, 2.75) is 13.8 Å². The minimum atomic E-state index is 0.392. The van der Waals surface area contributed by atoms with Gasteiger partial charge in [-0.1, -0.05) is 43.1 Å². The van der Waals surface area contributed by atoms with Gasteiger partial charge in [0.15, 0.2) is 0 Å². The van der Waals surface area contributed by atoms with Crippen LogP contribution in [0.5, 0.6) is 0 Å².